The summed E-state index contributed by atoms with van der Waals surface area (Å²) >= 11 is 0. The molecular formula is C15H19F4NO2. The third kappa shape index (κ3) is 4.93. The Morgan fingerprint density at radius 3 is 2.82 bits per heavy atom. The van der Waals surface area contributed by atoms with Gasteiger partial charge in [0.1, 0.15) is 5.82 Å². The second-order valence-corrected chi connectivity index (χ2v) is 5.41. The zero-order valence-electron chi connectivity index (χ0n) is 12.3. The van der Waals surface area contributed by atoms with Crippen molar-refractivity contribution in [2.75, 3.05) is 19.8 Å². The lowest BCUT2D eigenvalue weighted by molar-refractivity contribution is -0.140. The van der Waals surface area contributed by atoms with Crippen molar-refractivity contribution in [3.63, 3.8) is 0 Å². The van der Waals surface area contributed by atoms with E-state index >= 15 is 0 Å². The van der Waals surface area contributed by atoms with Gasteiger partial charge < -0.3 is 14.8 Å². The smallest absolute Gasteiger partial charge is 0.379 e. The molecule has 0 spiro atoms. The summed E-state index contributed by atoms with van der Waals surface area (Å²) < 4.78 is 61.9. The van der Waals surface area contributed by atoms with Crippen LogP contribution in [0.4, 0.5) is 17.6 Å². The molecule has 22 heavy (non-hydrogen) atoms. The largest absolute Gasteiger partial charge is 0.419 e. The second-order valence-electron chi connectivity index (χ2n) is 5.41. The third-order valence-electron chi connectivity index (χ3n) is 3.46. The van der Waals surface area contributed by atoms with E-state index in [9.17, 15) is 17.6 Å². The molecule has 2 rings (SSSR count). The Bertz CT molecular complexity index is 487. The van der Waals surface area contributed by atoms with Crippen molar-refractivity contribution in [1.29, 1.82) is 0 Å². The van der Waals surface area contributed by atoms with Crippen LogP contribution >= 0.6 is 0 Å². The van der Waals surface area contributed by atoms with Gasteiger partial charge in [-0.15, -0.1) is 0 Å². The summed E-state index contributed by atoms with van der Waals surface area (Å²) in [5, 5.41) is 3.07. The molecule has 0 bridgehead atoms. The van der Waals surface area contributed by atoms with Crippen LogP contribution in [0.2, 0.25) is 0 Å². The zero-order valence-corrected chi connectivity index (χ0v) is 12.3. The van der Waals surface area contributed by atoms with Crippen LogP contribution in [0.25, 0.3) is 0 Å². The molecule has 2 atom stereocenters. The summed E-state index contributed by atoms with van der Waals surface area (Å²) in [7, 11) is 0. The van der Waals surface area contributed by atoms with Crippen molar-refractivity contribution >= 4 is 0 Å². The summed E-state index contributed by atoms with van der Waals surface area (Å²) in [5.74, 6) is -1.26. The lowest BCUT2D eigenvalue weighted by atomic mass is 10.1. The van der Waals surface area contributed by atoms with Crippen molar-refractivity contribution < 1.29 is 27.0 Å². The SMILES string of the molecule is C[C@@H](CO[C@@H]1CCOC1)NCc1ccc(F)c(C(F)(F)F)c1. The number of alkyl halides is 3. The highest BCUT2D eigenvalue weighted by Crippen LogP contribution is 2.31. The third-order valence-corrected chi connectivity index (χ3v) is 3.46. The highest BCUT2D eigenvalue weighted by atomic mass is 19.4. The molecule has 1 N–H and O–H groups in total. The van der Waals surface area contributed by atoms with Gasteiger partial charge in [-0.05, 0) is 31.0 Å². The van der Waals surface area contributed by atoms with E-state index in [-0.39, 0.29) is 18.7 Å². The Morgan fingerprint density at radius 1 is 1.41 bits per heavy atom. The first-order valence-electron chi connectivity index (χ1n) is 7.14. The van der Waals surface area contributed by atoms with Gasteiger partial charge in [0.25, 0.3) is 0 Å². The van der Waals surface area contributed by atoms with Crippen LogP contribution < -0.4 is 5.32 Å². The van der Waals surface area contributed by atoms with Crippen LogP contribution in [0, 0.1) is 5.82 Å². The molecule has 124 valence electrons. The van der Waals surface area contributed by atoms with Gasteiger partial charge in [0.2, 0.25) is 0 Å². The van der Waals surface area contributed by atoms with Crippen molar-refractivity contribution in [3.8, 4) is 0 Å². The van der Waals surface area contributed by atoms with Crippen LogP contribution in [-0.4, -0.2) is 32.0 Å². The Kier molecular flexibility index (Phi) is 5.77. The normalized spacial score (nSPS) is 20.3. The first-order valence-corrected chi connectivity index (χ1v) is 7.14. The number of hydrogen-bond donors (Lipinski definition) is 1. The summed E-state index contributed by atoms with van der Waals surface area (Å²) in [6.45, 7) is 3.82. The minimum absolute atomic E-state index is 0.0278. The monoisotopic (exact) mass is 321 g/mol. The van der Waals surface area contributed by atoms with Crippen LogP contribution in [0.3, 0.4) is 0 Å². The summed E-state index contributed by atoms with van der Waals surface area (Å²) in [6.07, 6.45) is -3.73. The van der Waals surface area contributed by atoms with E-state index in [1.165, 1.54) is 6.07 Å². The fourth-order valence-electron chi connectivity index (χ4n) is 2.18. The predicted molar refractivity (Wildman–Crippen MR) is 72.9 cm³/mol. The summed E-state index contributed by atoms with van der Waals surface area (Å²) in [6, 6.07) is 2.99. The first-order chi connectivity index (χ1) is 10.4. The molecule has 1 aromatic carbocycles. The van der Waals surface area contributed by atoms with E-state index in [1.54, 1.807) is 0 Å². The molecule has 3 nitrogen and oxygen atoms in total. The maximum absolute atomic E-state index is 13.2. The first kappa shape index (κ1) is 17.2. The molecule has 1 aliphatic heterocycles. The summed E-state index contributed by atoms with van der Waals surface area (Å²) in [5.41, 5.74) is -0.858. The number of hydrogen-bond acceptors (Lipinski definition) is 3. The highest BCUT2D eigenvalue weighted by Gasteiger charge is 2.34. The van der Waals surface area contributed by atoms with Crippen molar-refractivity contribution in [1.82, 2.24) is 5.32 Å². The number of halogens is 4. The van der Waals surface area contributed by atoms with E-state index in [4.69, 9.17) is 9.47 Å². The zero-order chi connectivity index (χ0) is 16.2. The van der Waals surface area contributed by atoms with Gasteiger partial charge in [-0.2, -0.15) is 13.2 Å². The maximum atomic E-state index is 13.2. The predicted octanol–water partition coefficient (Wildman–Crippen LogP) is 3.13. The van der Waals surface area contributed by atoms with Gasteiger partial charge >= 0.3 is 6.18 Å². The molecule has 1 aliphatic rings. The van der Waals surface area contributed by atoms with Gasteiger partial charge in [-0.25, -0.2) is 4.39 Å². The van der Waals surface area contributed by atoms with E-state index in [0.717, 1.165) is 18.6 Å². The van der Waals surface area contributed by atoms with E-state index in [1.807, 2.05) is 6.92 Å². The average molecular weight is 321 g/mol. The molecule has 7 heteroatoms. The number of benzene rings is 1. The van der Waals surface area contributed by atoms with Crippen LogP contribution in [0.5, 0.6) is 0 Å². The van der Waals surface area contributed by atoms with Crippen molar-refractivity contribution in [3.05, 3.63) is 35.1 Å². The number of rotatable bonds is 6. The molecule has 1 fully saturated rings. The molecule has 0 saturated carbocycles. The molecular weight excluding hydrogens is 302 g/mol. The van der Waals surface area contributed by atoms with Crippen LogP contribution in [0.15, 0.2) is 18.2 Å². The molecule has 1 heterocycles. The van der Waals surface area contributed by atoms with Gasteiger partial charge in [0, 0.05) is 19.2 Å². The van der Waals surface area contributed by atoms with Crippen molar-refractivity contribution in [2.24, 2.45) is 0 Å². The van der Waals surface area contributed by atoms with Gasteiger partial charge in [-0.3, -0.25) is 0 Å². The molecule has 0 amide bonds. The quantitative estimate of drug-likeness (QED) is 0.817. The van der Waals surface area contributed by atoms with Crippen LogP contribution in [0.1, 0.15) is 24.5 Å². The van der Waals surface area contributed by atoms with E-state index in [2.05, 4.69) is 5.32 Å². The Labute approximate surface area is 126 Å². The Balaban J connectivity index is 1.83. The minimum Gasteiger partial charge on any atom is -0.379 e. The maximum Gasteiger partial charge on any atom is 0.419 e. The van der Waals surface area contributed by atoms with Gasteiger partial charge in [-0.1, -0.05) is 6.07 Å². The van der Waals surface area contributed by atoms with E-state index < -0.39 is 17.6 Å². The Hall–Kier alpha value is -1.18. The standard InChI is InChI=1S/C15H19F4NO2/c1-10(8-22-12-4-5-21-9-12)20-7-11-2-3-14(16)13(6-11)15(17,18)19/h2-3,6,10,12,20H,4-5,7-9H2,1H3/t10-,12+/m0/s1. The fraction of sp³-hybridized carbons (Fsp3) is 0.600. The average Bonchev–Trinajstić information content (AvgIpc) is 2.96. The Morgan fingerprint density at radius 2 is 2.18 bits per heavy atom. The molecule has 0 radical (unpaired) electrons. The van der Waals surface area contributed by atoms with E-state index in [0.29, 0.717) is 25.4 Å². The van der Waals surface area contributed by atoms with Crippen molar-refractivity contribution in [2.45, 2.75) is 38.2 Å². The second kappa shape index (κ2) is 7.39. The van der Waals surface area contributed by atoms with Crippen LogP contribution in [-0.2, 0) is 22.2 Å². The molecule has 0 aromatic heterocycles. The fourth-order valence-corrected chi connectivity index (χ4v) is 2.18. The molecule has 0 unspecified atom stereocenters. The lowest BCUT2D eigenvalue weighted by Crippen LogP contribution is -2.32. The highest BCUT2D eigenvalue weighted by molar-refractivity contribution is 5.27. The molecule has 0 aliphatic carbocycles. The number of nitrogens with one attached hydrogen (secondary N) is 1. The summed E-state index contributed by atoms with van der Waals surface area (Å²) in [4.78, 5) is 0. The minimum atomic E-state index is -4.68. The lowest BCUT2D eigenvalue weighted by Gasteiger charge is -2.17. The van der Waals surface area contributed by atoms with Gasteiger partial charge in [0.05, 0.1) is 24.9 Å². The molecule has 1 aromatic rings. The topological polar surface area (TPSA) is 30.5 Å². The van der Waals surface area contributed by atoms with Gasteiger partial charge in [0.15, 0.2) is 0 Å². The molecule has 1 saturated heterocycles. The number of ether oxygens (including phenoxy) is 2.